The molecule has 0 bridgehead atoms. The highest BCUT2D eigenvalue weighted by Gasteiger charge is 2.40. The van der Waals surface area contributed by atoms with E-state index in [0.717, 1.165) is 10.5 Å². The Hall–Kier alpha value is -3.68. The van der Waals surface area contributed by atoms with Crippen LogP contribution in [0, 0.1) is 6.92 Å². The minimum atomic E-state index is -0.960. The maximum Gasteiger partial charge on any atom is 0.262 e. The number of aryl methyl sites for hydroxylation is 1. The molecule has 3 rings (SSSR count). The molecule has 0 fully saturated rings. The van der Waals surface area contributed by atoms with Crippen LogP contribution < -0.4 is 15.4 Å². The van der Waals surface area contributed by atoms with E-state index in [2.05, 4.69) is 10.6 Å². The quantitative estimate of drug-likeness (QED) is 0.505. The SMILES string of the molecule is Cc1ccc(OCC(=O)NCCNC(=O)C(C)N2C(=O)c3ccccc3C2=O)cc1. The van der Waals surface area contributed by atoms with Crippen molar-refractivity contribution in [3.63, 3.8) is 0 Å². The Morgan fingerprint density at radius 3 is 2.10 bits per heavy atom. The lowest BCUT2D eigenvalue weighted by Gasteiger charge is -2.21. The van der Waals surface area contributed by atoms with Gasteiger partial charge in [0, 0.05) is 13.1 Å². The van der Waals surface area contributed by atoms with Crippen LogP contribution in [0.5, 0.6) is 5.75 Å². The third-order valence-electron chi connectivity index (χ3n) is 4.73. The van der Waals surface area contributed by atoms with Gasteiger partial charge in [-0.25, -0.2) is 0 Å². The van der Waals surface area contributed by atoms with Gasteiger partial charge in [0.1, 0.15) is 11.8 Å². The number of nitrogens with one attached hydrogen (secondary N) is 2. The molecular formula is C22H23N3O5. The molecule has 4 amide bonds. The Kier molecular flexibility index (Phi) is 6.46. The minimum Gasteiger partial charge on any atom is -0.484 e. The lowest BCUT2D eigenvalue weighted by Crippen LogP contribution is -2.49. The van der Waals surface area contributed by atoms with E-state index in [1.807, 2.05) is 19.1 Å². The summed E-state index contributed by atoms with van der Waals surface area (Å²) in [6, 6.07) is 12.8. The first-order valence-corrected chi connectivity index (χ1v) is 9.59. The zero-order valence-corrected chi connectivity index (χ0v) is 16.8. The van der Waals surface area contributed by atoms with E-state index in [9.17, 15) is 19.2 Å². The average Bonchev–Trinajstić information content (AvgIpc) is 3.00. The predicted octanol–water partition coefficient (Wildman–Crippen LogP) is 1.29. The Labute approximate surface area is 174 Å². The van der Waals surface area contributed by atoms with E-state index in [0.29, 0.717) is 16.9 Å². The van der Waals surface area contributed by atoms with Gasteiger partial charge in [0.2, 0.25) is 5.91 Å². The lowest BCUT2D eigenvalue weighted by molar-refractivity contribution is -0.125. The number of rotatable bonds is 8. The van der Waals surface area contributed by atoms with Gasteiger partial charge in [0.05, 0.1) is 11.1 Å². The van der Waals surface area contributed by atoms with Crippen molar-refractivity contribution in [2.75, 3.05) is 19.7 Å². The first-order valence-electron chi connectivity index (χ1n) is 9.59. The number of hydrogen-bond acceptors (Lipinski definition) is 5. The molecule has 1 atom stereocenters. The van der Waals surface area contributed by atoms with Gasteiger partial charge < -0.3 is 15.4 Å². The molecule has 8 nitrogen and oxygen atoms in total. The standard InChI is InChI=1S/C22H23N3O5/c1-14-7-9-16(10-8-14)30-13-19(26)23-11-12-24-20(27)15(2)25-21(28)17-5-3-4-6-18(17)22(25)29/h3-10,15H,11-13H2,1-2H3,(H,23,26)(H,24,27). The lowest BCUT2D eigenvalue weighted by atomic mass is 10.1. The normalized spacial score (nSPS) is 13.6. The number of carbonyl (C=O) groups is 4. The number of ether oxygens (including phenoxy) is 1. The number of amides is 4. The van der Waals surface area contributed by atoms with Crippen molar-refractivity contribution in [3.8, 4) is 5.75 Å². The van der Waals surface area contributed by atoms with Gasteiger partial charge in [-0.3, -0.25) is 24.1 Å². The second-order valence-corrected chi connectivity index (χ2v) is 6.94. The smallest absolute Gasteiger partial charge is 0.262 e. The van der Waals surface area contributed by atoms with Crippen molar-refractivity contribution >= 4 is 23.6 Å². The summed E-state index contributed by atoms with van der Waals surface area (Å²) in [5, 5.41) is 5.26. The van der Waals surface area contributed by atoms with Crippen molar-refractivity contribution in [2.24, 2.45) is 0 Å². The third kappa shape index (κ3) is 4.65. The minimum absolute atomic E-state index is 0.136. The molecule has 2 N–H and O–H groups in total. The van der Waals surface area contributed by atoms with Gasteiger partial charge in [0.25, 0.3) is 17.7 Å². The summed E-state index contributed by atoms with van der Waals surface area (Å²) in [4.78, 5) is 50.0. The third-order valence-corrected chi connectivity index (χ3v) is 4.73. The summed E-state index contributed by atoms with van der Waals surface area (Å²) in [6.45, 7) is 3.66. The van der Waals surface area contributed by atoms with Gasteiger partial charge in [-0.05, 0) is 38.1 Å². The van der Waals surface area contributed by atoms with Crippen LogP contribution in [0.15, 0.2) is 48.5 Å². The molecule has 2 aromatic rings. The highest BCUT2D eigenvalue weighted by atomic mass is 16.5. The second-order valence-electron chi connectivity index (χ2n) is 6.94. The number of carbonyl (C=O) groups excluding carboxylic acids is 4. The van der Waals surface area contributed by atoms with Crippen LogP contribution in [0.25, 0.3) is 0 Å². The van der Waals surface area contributed by atoms with Crippen LogP contribution in [0.1, 0.15) is 33.2 Å². The number of fused-ring (bicyclic) bond motifs is 1. The molecule has 0 spiro atoms. The summed E-state index contributed by atoms with van der Waals surface area (Å²) in [6.07, 6.45) is 0. The van der Waals surface area contributed by atoms with E-state index in [-0.39, 0.29) is 25.6 Å². The van der Waals surface area contributed by atoms with E-state index in [1.54, 1.807) is 36.4 Å². The summed E-state index contributed by atoms with van der Waals surface area (Å²) in [5.74, 6) is -1.17. The molecule has 156 valence electrons. The molecule has 2 aromatic carbocycles. The molecule has 0 saturated carbocycles. The molecule has 0 radical (unpaired) electrons. The van der Waals surface area contributed by atoms with Crippen LogP contribution in [0.2, 0.25) is 0 Å². The fourth-order valence-electron chi connectivity index (χ4n) is 3.05. The molecule has 1 heterocycles. The number of nitrogens with zero attached hydrogens (tertiary/aromatic N) is 1. The van der Waals surface area contributed by atoms with Gasteiger partial charge in [0.15, 0.2) is 6.61 Å². The van der Waals surface area contributed by atoms with Gasteiger partial charge >= 0.3 is 0 Å². The fraction of sp³-hybridized carbons (Fsp3) is 0.273. The summed E-state index contributed by atoms with van der Waals surface area (Å²) in [5.41, 5.74) is 1.68. The van der Waals surface area contributed by atoms with Crippen LogP contribution >= 0.6 is 0 Å². The maximum absolute atomic E-state index is 12.4. The maximum atomic E-state index is 12.4. The summed E-state index contributed by atoms with van der Waals surface area (Å²) >= 11 is 0. The highest BCUT2D eigenvalue weighted by Crippen LogP contribution is 2.24. The molecule has 1 aliphatic rings. The van der Waals surface area contributed by atoms with Gasteiger partial charge in [-0.15, -0.1) is 0 Å². The van der Waals surface area contributed by atoms with Crippen molar-refractivity contribution in [3.05, 3.63) is 65.2 Å². The Morgan fingerprint density at radius 1 is 0.933 bits per heavy atom. The van der Waals surface area contributed by atoms with Crippen LogP contribution in [-0.4, -0.2) is 54.3 Å². The number of benzene rings is 2. The fourth-order valence-corrected chi connectivity index (χ4v) is 3.05. The summed E-state index contributed by atoms with van der Waals surface area (Å²) < 4.78 is 5.38. The van der Waals surface area contributed by atoms with Crippen molar-refractivity contribution in [1.82, 2.24) is 15.5 Å². The molecular weight excluding hydrogens is 386 g/mol. The summed E-state index contributed by atoms with van der Waals surface area (Å²) in [7, 11) is 0. The van der Waals surface area contributed by atoms with Crippen LogP contribution in [0.4, 0.5) is 0 Å². The van der Waals surface area contributed by atoms with Crippen molar-refractivity contribution < 1.29 is 23.9 Å². The van der Waals surface area contributed by atoms with Gasteiger partial charge in [-0.2, -0.15) is 0 Å². The van der Waals surface area contributed by atoms with E-state index in [1.165, 1.54) is 6.92 Å². The molecule has 30 heavy (non-hydrogen) atoms. The zero-order valence-electron chi connectivity index (χ0n) is 16.8. The Balaban J connectivity index is 1.40. The topological polar surface area (TPSA) is 105 Å². The van der Waals surface area contributed by atoms with Crippen LogP contribution in [0.3, 0.4) is 0 Å². The first-order chi connectivity index (χ1) is 14.4. The van der Waals surface area contributed by atoms with Crippen molar-refractivity contribution in [2.45, 2.75) is 19.9 Å². The number of hydrogen-bond donors (Lipinski definition) is 2. The Morgan fingerprint density at radius 2 is 1.50 bits per heavy atom. The van der Waals surface area contributed by atoms with E-state index in [4.69, 9.17) is 4.74 Å². The van der Waals surface area contributed by atoms with E-state index >= 15 is 0 Å². The molecule has 0 saturated heterocycles. The largest absolute Gasteiger partial charge is 0.484 e. The monoisotopic (exact) mass is 409 g/mol. The first kappa shape index (κ1) is 21.0. The highest BCUT2D eigenvalue weighted by molar-refractivity contribution is 6.22. The van der Waals surface area contributed by atoms with Gasteiger partial charge in [-0.1, -0.05) is 29.8 Å². The predicted molar refractivity (Wildman–Crippen MR) is 109 cm³/mol. The molecule has 0 aromatic heterocycles. The second kappa shape index (κ2) is 9.21. The zero-order chi connectivity index (χ0) is 21.7. The molecule has 1 aliphatic heterocycles. The average molecular weight is 409 g/mol. The Bertz CT molecular complexity index is 936. The van der Waals surface area contributed by atoms with Crippen molar-refractivity contribution in [1.29, 1.82) is 0 Å². The van der Waals surface area contributed by atoms with E-state index < -0.39 is 23.8 Å². The molecule has 8 heteroatoms. The number of imide groups is 1. The van der Waals surface area contributed by atoms with Crippen LogP contribution in [-0.2, 0) is 9.59 Å². The molecule has 1 unspecified atom stereocenters. The molecule has 0 aliphatic carbocycles.